The Morgan fingerprint density at radius 3 is 2.81 bits per heavy atom. The maximum Gasteiger partial charge on any atom is 0.227 e. The van der Waals surface area contributed by atoms with Crippen molar-refractivity contribution in [1.29, 1.82) is 0 Å². The van der Waals surface area contributed by atoms with Crippen LogP contribution in [0.1, 0.15) is 17.8 Å². The highest BCUT2D eigenvalue weighted by molar-refractivity contribution is 6.32. The first-order valence-electron chi connectivity index (χ1n) is 8.30. The molecule has 1 atom stereocenters. The third-order valence-electron chi connectivity index (χ3n) is 4.49. The fourth-order valence-corrected chi connectivity index (χ4v) is 3.36. The zero-order valence-electron chi connectivity index (χ0n) is 15.0. The molecule has 3 rings (SSSR count). The normalized spacial score (nSPS) is 16.8. The molecule has 1 aromatic carbocycles. The van der Waals surface area contributed by atoms with Crippen LogP contribution in [0.4, 0.5) is 5.69 Å². The Balaban J connectivity index is 1.64. The average molecular weight is 377 g/mol. The Morgan fingerprint density at radius 2 is 2.19 bits per heavy atom. The summed E-state index contributed by atoms with van der Waals surface area (Å²) in [6.07, 6.45) is 0.180. The summed E-state index contributed by atoms with van der Waals surface area (Å²) in [4.78, 5) is 26.4. The highest BCUT2D eigenvalue weighted by Gasteiger charge is 2.35. The molecule has 1 aliphatic heterocycles. The summed E-state index contributed by atoms with van der Waals surface area (Å²) < 4.78 is 6.86. The summed E-state index contributed by atoms with van der Waals surface area (Å²) >= 11 is 6.14. The fraction of sp³-hybridized carbons (Fsp3) is 0.389. The van der Waals surface area contributed by atoms with E-state index in [4.69, 9.17) is 16.3 Å². The molecule has 0 aliphatic carbocycles. The molecule has 1 N–H and O–H groups in total. The van der Waals surface area contributed by atoms with Gasteiger partial charge in [-0.3, -0.25) is 14.3 Å². The SMILES string of the molecule is COc1ccc(N2CC(C(=O)NCc3cc(C)nn3C)CC2=O)cc1Cl. The van der Waals surface area contributed by atoms with E-state index in [-0.39, 0.29) is 18.2 Å². The van der Waals surface area contributed by atoms with Crippen LogP contribution in [0.25, 0.3) is 0 Å². The first-order chi connectivity index (χ1) is 12.4. The molecule has 0 saturated carbocycles. The standard InChI is InChI=1S/C18H21ClN4O3/c1-11-6-14(22(2)21-11)9-20-18(25)12-7-17(24)23(10-12)13-4-5-16(26-3)15(19)8-13/h4-6,8,12H,7,9-10H2,1-3H3,(H,20,25). The van der Waals surface area contributed by atoms with Crippen molar-refractivity contribution in [3.63, 3.8) is 0 Å². The molecule has 138 valence electrons. The molecule has 2 heterocycles. The van der Waals surface area contributed by atoms with Crippen molar-refractivity contribution in [2.45, 2.75) is 19.9 Å². The monoisotopic (exact) mass is 376 g/mol. The molecule has 0 bridgehead atoms. The fourth-order valence-electron chi connectivity index (χ4n) is 3.11. The second-order valence-electron chi connectivity index (χ2n) is 6.34. The summed E-state index contributed by atoms with van der Waals surface area (Å²) in [6, 6.07) is 7.08. The van der Waals surface area contributed by atoms with Crippen molar-refractivity contribution in [2.75, 3.05) is 18.6 Å². The van der Waals surface area contributed by atoms with E-state index in [1.165, 1.54) is 7.11 Å². The maximum absolute atomic E-state index is 12.5. The van der Waals surface area contributed by atoms with E-state index in [1.807, 2.05) is 20.0 Å². The summed E-state index contributed by atoms with van der Waals surface area (Å²) in [5.74, 6) is -0.0809. The zero-order chi connectivity index (χ0) is 18.8. The van der Waals surface area contributed by atoms with Crippen LogP contribution in [0.5, 0.6) is 5.75 Å². The van der Waals surface area contributed by atoms with E-state index < -0.39 is 5.92 Å². The number of hydrogen-bond acceptors (Lipinski definition) is 4. The van der Waals surface area contributed by atoms with Gasteiger partial charge in [0, 0.05) is 25.7 Å². The summed E-state index contributed by atoms with van der Waals surface area (Å²) in [6.45, 7) is 2.62. The number of benzene rings is 1. The van der Waals surface area contributed by atoms with Crippen molar-refractivity contribution in [3.05, 3.63) is 40.7 Å². The van der Waals surface area contributed by atoms with Gasteiger partial charge in [-0.25, -0.2) is 0 Å². The Bertz CT molecular complexity index is 849. The van der Waals surface area contributed by atoms with Crippen LogP contribution in [0.3, 0.4) is 0 Å². The molecule has 26 heavy (non-hydrogen) atoms. The van der Waals surface area contributed by atoms with E-state index in [0.29, 0.717) is 29.5 Å². The number of rotatable bonds is 5. The van der Waals surface area contributed by atoms with Gasteiger partial charge in [0.15, 0.2) is 0 Å². The summed E-state index contributed by atoms with van der Waals surface area (Å²) in [7, 11) is 3.37. The lowest BCUT2D eigenvalue weighted by Gasteiger charge is -2.18. The maximum atomic E-state index is 12.5. The van der Waals surface area contributed by atoms with Gasteiger partial charge in [0.1, 0.15) is 5.75 Å². The van der Waals surface area contributed by atoms with Gasteiger partial charge in [0.2, 0.25) is 11.8 Å². The van der Waals surface area contributed by atoms with Gasteiger partial charge in [-0.05, 0) is 31.2 Å². The highest BCUT2D eigenvalue weighted by Crippen LogP contribution is 2.32. The van der Waals surface area contributed by atoms with Crippen molar-refractivity contribution in [3.8, 4) is 5.75 Å². The lowest BCUT2D eigenvalue weighted by Crippen LogP contribution is -2.33. The summed E-state index contributed by atoms with van der Waals surface area (Å²) in [5.41, 5.74) is 2.48. The summed E-state index contributed by atoms with van der Waals surface area (Å²) in [5, 5.41) is 7.57. The number of anilines is 1. The highest BCUT2D eigenvalue weighted by atomic mass is 35.5. The number of carbonyl (C=O) groups excluding carboxylic acids is 2. The Labute approximate surface area is 156 Å². The van der Waals surface area contributed by atoms with E-state index >= 15 is 0 Å². The molecule has 0 spiro atoms. The third-order valence-corrected chi connectivity index (χ3v) is 4.78. The minimum absolute atomic E-state index is 0.0947. The number of halogens is 1. The molecule has 1 aliphatic rings. The van der Waals surface area contributed by atoms with Crippen molar-refractivity contribution >= 4 is 29.1 Å². The van der Waals surface area contributed by atoms with Crippen molar-refractivity contribution in [1.82, 2.24) is 15.1 Å². The second-order valence-corrected chi connectivity index (χ2v) is 6.75. The third kappa shape index (κ3) is 3.67. The lowest BCUT2D eigenvalue weighted by atomic mass is 10.1. The van der Waals surface area contributed by atoms with Gasteiger partial charge in [0.05, 0.1) is 36.0 Å². The van der Waals surface area contributed by atoms with Crippen LogP contribution >= 0.6 is 11.6 Å². The van der Waals surface area contributed by atoms with Gasteiger partial charge in [-0.1, -0.05) is 11.6 Å². The van der Waals surface area contributed by atoms with Crippen LogP contribution in [0.2, 0.25) is 5.02 Å². The average Bonchev–Trinajstić information content (AvgIpc) is 3.14. The minimum atomic E-state index is -0.391. The van der Waals surface area contributed by atoms with Gasteiger partial charge in [0.25, 0.3) is 0 Å². The second kappa shape index (κ2) is 7.37. The molecule has 1 saturated heterocycles. The van der Waals surface area contributed by atoms with Crippen molar-refractivity contribution in [2.24, 2.45) is 13.0 Å². The molecule has 1 aromatic heterocycles. The predicted molar refractivity (Wildman–Crippen MR) is 98.3 cm³/mol. The molecule has 7 nitrogen and oxygen atoms in total. The molecule has 1 fully saturated rings. The number of aromatic nitrogens is 2. The Kier molecular flexibility index (Phi) is 5.18. The van der Waals surface area contributed by atoms with Crippen molar-refractivity contribution < 1.29 is 14.3 Å². The number of hydrogen-bond donors (Lipinski definition) is 1. The smallest absolute Gasteiger partial charge is 0.227 e. The predicted octanol–water partition coefficient (Wildman–Crippen LogP) is 2.06. The number of nitrogens with one attached hydrogen (secondary N) is 1. The molecule has 0 radical (unpaired) electrons. The molecule has 2 amide bonds. The number of carbonyl (C=O) groups is 2. The Morgan fingerprint density at radius 1 is 1.42 bits per heavy atom. The topological polar surface area (TPSA) is 76.5 Å². The van der Waals surface area contributed by atoms with E-state index in [0.717, 1.165) is 11.4 Å². The Hall–Kier alpha value is -2.54. The van der Waals surface area contributed by atoms with Gasteiger partial charge in [-0.2, -0.15) is 5.10 Å². The minimum Gasteiger partial charge on any atom is -0.495 e. The number of methoxy groups -OCH3 is 1. The molecule has 1 unspecified atom stereocenters. The number of ether oxygens (including phenoxy) is 1. The van der Waals surface area contributed by atoms with Crippen LogP contribution in [-0.4, -0.2) is 35.2 Å². The van der Waals surface area contributed by atoms with E-state index in [9.17, 15) is 9.59 Å². The number of amides is 2. The van der Waals surface area contributed by atoms with Crippen LogP contribution in [-0.2, 0) is 23.2 Å². The first-order valence-corrected chi connectivity index (χ1v) is 8.68. The quantitative estimate of drug-likeness (QED) is 0.866. The molecule has 8 heteroatoms. The van der Waals surface area contributed by atoms with Gasteiger partial charge < -0.3 is 15.0 Å². The van der Waals surface area contributed by atoms with Gasteiger partial charge in [-0.15, -0.1) is 0 Å². The first kappa shape index (κ1) is 18.3. The van der Waals surface area contributed by atoms with E-state index in [1.54, 1.807) is 27.8 Å². The molecular weight excluding hydrogens is 356 g/mol. The van der Waals surface area contributed by atoms with Gasteiger partial charge >= 0.3 is 0 Å². The van der Waals surface area contributed by atoms with Crippen LogP contribution in [0.15, 0.2) is 24.3 Å². The molecular formula is C18H21ClN4O3. The van der Waals surface area contributed by atoms with Crippen LogP contribution < -0.4 is 15.0 Å². The largest absolute Gasteiger partial charge is 0.495 e. The lowest BCUT2D eigenvalue weighted by molar-refractivity contribution is -0.126. The number of nitrogens with zero attached hydrogens (tertiary/aromatic N) is 3. The molecule has 2 aromatic rings. The number of aryl methyl sites for hydroxylation is 2. The van der Waals surface area contributed by atoms with E-state index in [2.05, 4.69) is 10.4 Å². The van der Waals surface area contributed by atoms with Crippen LogP contribution in [0, 0.1) is 12.8 Å². The zero-order valence-corrected chi connectivity index (χ0v) is 15.7.